The Morgan fingerprint density at radius 1 is 0.843 bits per heavy atom. The Balaban J connectivity index is 0.00000152. The minimum atomic E-state index is -0.274. The van der Waals surface area contributed by atoms with E-state index in [2.05, 4.69) is 16.5 Å². The topological polar surface area (TPSA) is 59.8 Å². The second kappa shape index (κ2) is 25.9. The number of halogens is 1. The average molecular weight is 699 g/mol. The maximum Gasteiger partial charge on any atom is 0.241 e. The summed E-state index contributed by atoms with van der Waals surface area (Å²) >= 11 is 0. The number of carbonyl (C=O) groups excluding carboxylic acids is 1. The molecule has 0 radical (unpaired) electrons. The van der Waals surface area contributed by atoms with Crippen LogP contribution >= 0.6 is 0 Å². The summed E-state index contributed by atoms with van der Waals surface area (Å²) in [6.07, 6.45) is 8.42. The van der Waals surface area contributed by atoms with E-state index < -0.39 is 0 Å². The molecule has 4 aromatic rings. The zero-order valence-electron chi connectivity index (χ0n) is 32.2. The number of ether oxygens (including phenoxy) is 2. The number of hydrogen-bond donors (Lipinski definition) is 0. The van der Waals surface area contributed by atoms with Crippen LogP contribution in [0.2, 0.25) is 0 Å². The molecule has 1 fully saturated rings. The number of nitrogens with zero attached hydrogens (tertiary/aromatic N) is 4. The number of allylic oxidation sites excluding steroid dienone is 5. The van der Waals surface area contributed by atoms with Crippen LogP contribution in [-0.4, -0.2) is 40.0 Å². The summed E-state index contributed by atoms with van der Waals surface area (Å²) in [6.45, 7) is 24.0. The average Bonchev–Trinajstić information content (AvgIpc) is 3.61. The van der Waals surface area contributed by atoms with Crippen molar-refractivity contribution in [3.8, 4) is 17.2 Å². The van der Waals surface area contributed by atoms with Gasteiger partial charge in [0.2, 0.25) is 5.91 Å². The molecular formula is C43H59FN4O3. The van der Waals surface area contributed by atoms with E-state index >= 15 is 0 Å². The summed E-state index contributed by atoms with van der Waals surface area (Å²) < 4.78 is 28.0. The van der Waals surface area contributed by atoms with E-state index in [1.807, 2.05) is 139 Å². The number of amides is 1. The molecule has 1 saturated heterocycles. The van der Waals surface area contributed by atoms with Gasteiger partial charge in [-0.25, -0.2) is 9.37 Å². The molecule has 0 spiro atoms. The summed E-state index contributed by atoms with van der Waals surface area (Å²) in [7, 11) is 0. The second-order valence-electron chi connectivity index (χ2n) is 10.3. The van der Waals surface area contributed by atoms with Crippen molar-refractivity contribution in [2.45, 2.75) is 82.0 Å². The molecule has 5 rings (SSSR count). The normalized spacial score (nSPS) is 12.7. The third-order valence-corrected chi connectivity index (χ3v) is 7.02. The van der Waals surface area contributed by atoms with Crippen LogP contribution in [0.25, 0.3) is 0 Å². The minimum absolute atomic E-state index is 0.0230. The summed E-state index contributed by atoms with van der Waals surface area (Å²) in [4.78, 5) is 21.6. The standard InChI is InChI=1S/C35H35FN4O3.4C2H6/c1-3-11-29(20-27(2)36)22-39-26-37-21-30(39)23-38-18-19-40(35(41)24-38)31-14-7-8-15-32(31)43-34-17-10-9-16-33(34)42-25-28-12-5-4-6-13-28;4*1-2/h3-17,20-21,26H,1,18-19,22-25H2,2H3;4*1-2H3/b27-20+,29-11+;;;;. The molecule has 3 aromatic carbocycles. The van der Waals surface area contributed by atoms with Crippen molar-refractivity contribution in [1.82, 2.24) is 14.5 Å². The van der Waals surface area contributed by atoms with Gasteiger partial charge in [-0.05, 0) is 48.4 Å². The number of para-hydroxylation sites is 4. The van der Waals surface area contributed by atoms with Crippen LogP contribution in [0.5, 0.6) is 17.2 Å². The third kappa shape index (κ3) is 14.4. The molecule has 2 heterocycles. The fraction of sp³-hybridized carbons (Fsp3) is 0.349. The van der Waals surface area contributed by atoms with E-state index in [1.165, 1.54) is 13.0 Å². The van der Waals surface area contributed by atoms with Gasteiger partial charge in [0.05, 0.1) is 30.1 Å². The van der Waals surface area contributed by atoms with Crippen LogP contribution in [0.4, 0.5) is 10.1 Å². The van der Waals surface area contributed by atoms with Gasteiger partial charge in [-0.2, -0.15) is 0 Å². The zero-order valence-corrected chi connectivity index (χ0v) is 32.2. The SMILES string of the molecule is C=C/C=C(\C=C(/C)F)Cn1cncc1CN1CCN(c2ccccc2Oc2ccccc2OCc2ccccc2)C(=O)C1.CC.CC.CC.CC. The molecule has 8 heteroatoms. The molecule has 51 heavy (non-hydrogen) atoms. The van der Waals surface area contributed by atoms with Crippen molar-refractivity contribution < 1.29 is 18.7 Å². The van der Waals surface area contributed by atoms with Crippen LogP contribution in [0.1, 0.15) is 73.6 Å². The number of hydrogen-bond acceptors (Lipinski definition) is 5. The van der Waals surface area contributed by atoms with Crippen LogP contribution in [0.3, 0.4) is 0 Å². The molecule has 1 amide bonds. The number of aromatic nitrogens is 2. The lowest BCUT2D eigenvalue weighted by Gasteiger charge is -2.35. The molecule has 0 aliphatic carbocycles. The van der Waals surface area contributed by atoms with E-state index in [4.69, 9.17) is 9.47 Å². The fourth-order valence-electron chi connectivity index (χ4n) is 4.99. The van der Waals surface area contributed by atoms with Gasteiger partial charge in [-0.15, -0.1) is 0 Å². The molecule has 1 aliphatic heterocycles. The Bertz CT molecular complexity index is 1610. The first-order chi connectivity index (χ1) is 25.0. The quantitative estimate of drug-likeness (QED) is 0.138. The predicted octanol–water partition coefficient (Wildman–Crippen LogP) is 11.2. The van der Waals surface area contributed by atoms with Crippen LogP contribution in [-0.2, 0) is 24.5 Å². The van der Waals surface area contributed by atoms with E-state index in [9.17, 15) is 9.18 Å². The van der Waals surface area contributed by atoms with E-state index in [0.717, 1.165) is 16.8 Å². The van der Waals surface area contributed by atoms with Crippen LogP contribution < -0.4 is 14.4 Å². The van der Waals surface area contributed by atoms with E-state index in [-0.39, 0.29) is 18.3 Å². The maximum absolute atomic E-state index is 13.6. The first-order valence-electron chi connectivity index (χ1n) is 18.2. The van der Waals surface area contributed by atoms with Crippen molar-refractivity contribution in [2.24, 2.45) is 0 Å². The Morgan fingerprint density at radius 3 is 2.08 bits per heavy atom. The number of benzene rings is 3. The number of rotatable bonds is 12. The summed E-state index contributed by atoms with van der Waals surface area (Å²) in [6, 6.07) is 25.1. The molecule has 0 bridgehead atoms. The largest absolute Gasteiger partial charge is 0.485 e. The summed E-state index contributed by atoms with van der Waals surface area (Å²) in [5, 5.41) is 0. The number of anilines is 1. The molecule has 7 nitrogen and oxygen atoms in total. The van der Waals surface area contributed by atoms with Crippen molar-refractivity contribution in [3.63, 3.8) is 0 Å². The molecule has 1 aliphatic rings. The third-order valence-electron chi connectivity index (χ3n) is 7.02. The Kier molecular flexibility index (Phi) is 22.4. The van der Waals surface area contributed by atoms with Crippen LogP contribution in [0.15, 0.2) is 128 Å². The smallest absolute Gasteiger partial charge is 0.241 e. The van der Waals surface area contributed by atoms with Gasteiger partial charge in [0.15, 0.2) is 17.2 Å². The highest BCUT2D eigenvalue weighted by atomic mass is 19.1. The van der Waals surface area contributed by atoms with Crippen molar-refractivity contribution in [1.29, 1.82) is 0 Å². The Morgan fingerprint density at radius 2 is 1.45 bits per heavy atom. The Labute approximate surface area is 306 Å². The lowest BCUT2D eigenvalue weighted by Crippen LogP contribution is -2.50. The van der Waals surface area contributed by atoms with Gasteiger partial charge in [0.25, 0.3) is 0 Å². The predicted molar refractivity (Wildman–Crippen MR) is 212 cm³/mol. The molecule has 1 aromatic heterocycles. The van der Waals surface area contributed by atoms with Gasteiger partial charge < -0.3 is 18.9 Å². The highest BCUT2D eigenvalue weighted by Gasteiger charge is 2.28. The lowest BCUT2D eigenvalue weighted by atomic mass is 10.2. The highest BCUT2D eigenvalue weighted by molar-refractivity contribution is 5.97. The first kappa shape index (κ1) is 44.1. The van der Waals surface area contributed by atoms with Crippen molar-refractivity contribution >= 4 is 11.6 Å². The summed E-state index contributed by atoms with van der Waals surface area (Å²) in [5.41, 5.74) is 3.49. The highest BCUT2D eigenvalue weighted by Crippen LogP contribution is 2.37. The number of carbonyl (C=O) groups is 1. The van der Waals surface area contributed by atoms with Crippen LogP contribution in [0, 0.1) is 0 Å². The lowest BCUT2D eigenvalue weighted by molar-refractivity contribution is -0.121. The Hall–Kier alpha value is -4.95. The van der Waals surface area contributed by atoms with Gasteiger partial charge >= 0.3 is 0 Å². The zero-order chi connectivity index (χ0) is 38.0. The number of imidazole rings is 1. The molecule has 0 saturated carbocycles. The second-order valence-corrected chi connectivity index (χ2v) is 10.3. The fourth-order valence-corrected chi connectivity index (χ4v) is 4.99. The van der Waals surface area contributed by atoms with E-state index in [1.54, 1.807) is 29.6 Å². The number of piperazine rings is 1. The van der Waals surface area contributed by atoms with E-state index in [0.29, 0.717) is 55.7 Å². The maximum atomic E-state index is 13.6. The molecule has 0 N–H and O–H groups in total. The molecule has 0 unspecified atom stereocenters. The molecular weight excluding hydrogens is 639 g/mol. The van der Waals surface area contributed by atoms with Gasteiger partial charge in [0, 0.05) is 32.4 Å². The molecule has 276 valence electrons. The monoisotopic (exact) mass is 698 g/mol. The van der Waals surface area contributed by atoms with Crippen molar-refractivity contribution in [2.75, 3.05) is 24.5 Å². The first-order valence-corrected chi connectivity index (χ1v) is 18.2. The summed E-state index contributed by atoms with van der Waals surface area (Å²) in [5.74, 6) is 1.48. The van der Waals surface area contributed by atoms with Gasteiger partial charge in [-0.1, -0.05) is 129 Å². The van der Waals surface area contributed by atoms with Gasteiger partial charge in [0.1, 0.15) is 6.61 Å². The van der Waals surface area contributed by atoms with Gasteiger partial charge in [-0.3, -0.25) is 9.69 Å². The molecule has 0 atom stereocenters. The van der Waals surface area contributed by atoms with Crippen molar-refractivity contribution in [3.05, 3.63) is 139 Å². The minimum Gasteiger partial charge on any atom is -0.485 e.